The van der Waals surface area contributed by atoms with Gasteiger partial charge in [-0.15, -0.1) is 0 Å². The van der Waals surface area contributed by atoms with Gasteiger partial charge in [0.2, 0.25) is 0 Å². The van der Waals surface area contributed by atoms with Crippen molar-refractivity contribution in [1.82, 2.24) is 15.5 Å². The minimum Gasteiger partial charge on any atom is -0.285 e. The Kier molecular flexibility index (Phi) is 2.64. The van der Waals surface area contributed by atoms with Crippen molar-refractivity contribution in [3.63, 3.8) is 0 Å². The summed E-state index contributed by atoms with van der Waals surface area (Å²) < 4.78 is 0. The van der Waals surface area contributed by atoms with E-state index >= 15 is 0 Å². The molecule has 0 bridgehead atoms. The van der Waals surface area contributed by atoms with E-state index in [1.807, 2.05) is 6.20 Å². The van der Waals surface area contributed by atoms with Gasteiger partial charge in [0.25, 0.3) is 0 Å². The van der Waals surface area contributed by atoms with Gasteiger partial charge in [-0.3, -0.25) is 5.10 Å². The summed E-state index contributed by atoms with van der Waals surface area (Å²) >= 11 is 0. The summed E-state index contributed by atoms with van der Waals surface area (Å²) in [4.78, 5) is 0. The Balaban J connectivity index is 1.99. The minimum absolute atomic E-state index is 0.478. The molecule has 1 aromatic heterocycles. The number of aromatic amines is 1. The second kappa shape index (κ2) is 3.92. The summed E-state index contributed by atoms with van der Waals surface area (Å²) in [5.41, 5.74) is 1.15. The van der Waals surface area contributed by atoms with E-state index in [0.717, 1.165) is 12.2 Å². The number of piperidine rings is 1. The molecule has 71 valence electrons. The molecule has 0 amide bonds. The van der Waals surface area contributed by atoms with Crippen LogP contribution in [0.3, 0.4) is 0 Å². The van der Waals surface area contributed by atoms with E-state index in [-0.39, 0.29) is 0 Å². The van der Waals surface area contributed by atoms with Crippen molar-refractivity contribution in [3.8, 4) is 0 Å². The van der Waals surface area contributed by atoms with Crippen molar-refractivity contribution in [1.29, 1.82) is 0 Å². The van der Waals surface area contributed by atoms with Gasteiger partial charge in [0.15, 0.2) is 0 Å². The molecule has 0 aromatic carbocycles. The molecule has 2 rings (SSSR count). The summed E-state index contributed by atoms with van der Waals surface area (Å²) in [6, 6.07) is 2.55. The molecule has 1 aliphatic rings. The zero-order chi connectivity index (χ0) is 9.10. The molecule has 1 aromatic rings. The monoisotopic (exact) mass is 178 g/mol. The fraction of sp³-hybridized carbons (Fsp3) is 0.700. The molecule has 1 N–H and O–H groups in total. The largest absolute Gasteiger partial charge is 0.285 e. The van der Waals surface area contributed by atoms with Crippen LogP contribution in [-0.2, 0) is 0 Å². The number of nitrogens with one attached hydrogen (secondary N) is 1. The van der Waals surface area contributed by atoms with Gasteiger partial charge in [-0.2, -0.15) is 5.10 Å². The Morgan fingerprint density at radius 2 is 2.46 bits per heavy atom. The molecule has 1 radical (unpaired) electrons. The Hall–Kier alpha value is -0.830. The van der Waals surface area contributed by atoms with Crippen molar-refractivity contribution in [2.45, 2.75) is 38.1 Å². The van der Waals surface area contributed by atoms with Gasteiger partial charge in [0.05, 0.1) is 5.69 Å². The molecule has 0 aliphatic carbocycles. The van der Waals surface area contributed by atoms with Crippen LogP contribution in [0.25, 0.3) is 0 Å². The first-order valence-electron chi connectivity index (χ1n) is 5.04. The second-order valence-electron chi connectivity index (χ2n) is 3.76. The predicted molar refractivity (Wildman–Crippen MR) is 51.6 cm³/mol. The van der Waals surface area contributed by atoms with Crippen LogP contribution in [0, 0.1) is 0 Å². The van der Waals surface area contributed by atoms with Gasteiger partial charge < -0.3 is 0 Å². The number of rotatable bonds is 2. The minimum atomic E-state index is 0.478. The van der Waals surface area contributed by atoms with Gasteiger partial charge in [-0.1, -0.05) is 13.3 Å². The van der Waals surface area contributed by atoms with Crippen molar-refractivity contribution >= 4 is 0 Å². The second-order valence-corrected chi connectivity index (χ2v) is 3.76. The van der Waals surface area contributed by atoms with Crippen molar-refractivity contribution in [3.05, 3.63) is 18.0 Å². The average molecular weight is 178 g/mol. The SMILES string of the molecule is CC(c1cc[nH]n1)C1CCCC[N]1. The number of hydrogen-bond donors (Lipinski definition) is 1. The van der Waals surface area contributed by atoms with Crippen LogP contribution in [-0.4, -0.2) is 22.8 Å². The van der Waals surface area contributed by atoms with Crippen LogP contribution in [0.1, 0.15) is 37.8 Å². The van der Waals surface area contributed by atoms with E-state index in [4.69, 9.17) is 0 Å². The standard InChI is InChI=1S/C10H16N3/c1-8(10-5-7-12-13-10)9-4-2-3-6-11-9/h5,7-9H,2-4,6H2,1H3,(H,12,13). The quantitative estimate of drug-likeness (QED) is 0.735. The lowest BCUT2D eigenvalue weighted by Crippen LogP contribution is -2.32. The fourth-order valence-electron chi connectivity index (χ4n) is 1.94. The van der Waals surface area contributed by atoms with Crippen LogP contribution < -0.4 is 5.32 Å². The number of aromatic nitrogens is 2. The number of H-pyrrole nitrogens is 1. The predicted octanol–water partition coefficient (Wildman–Crippen LogP) is 1.67. The zero-order valence-corrected chi connectivity index (χ0v) is 8.03. The van der Waals surface area contributed by atoms with Gasteiger partial charge >= 0.3 is 0 Å². The summed E-state index contributed by atoms with van der Waals surface area (Å²) in [6.07, 6.45) is 5.70. The Bertz CT molecular complexity index is 237. The van der Waals surface area contributed by atoms with E-state index in [9.17, 15) is 0 Å². The highest BCUT2D eigenvalue weighted by Crippen LogP contribution is 2.23. The zero-order valence-electron chi connectivity index (χ0n) is 8.03. The van der Waals surface area contributed by atoms with E-state index in [1.165, 1.54) is 19.3 Å². The molecule has 0 saturated carbocycles. The van der Waals surface area contributed by atoms with E-state index in [2.05, 4.69) is 28.5 Å². The topological polar surface area (TPSA) is 42.8 Å². The summed E-state index contributed by atoms with van der Waals surface area (Å²) in [7, 11) is 0. The first-order chi connectivity index (χ1) is 6.38. The molecule has 2 unspecified atom stereocenters. The normalized spacial score (nSPS) is 25.8. The van der Waals surface area contributed by atoms with Crippen LogP contribution in [0.2, 0.25) is 0 Å². The molecule has 3 nitrogen and oxygen atoms in total. The smallest absolute Gasteiger partial charge is 0.0666 e. The maximum absolute atomic E-state index is 4.63. The molecule has 2 atom stereocenters. The maximum atomic E-state index is 4.63. The third kappa shape index (κ3) is 1.91. The Morgan fingerprint density at radius 3 is 3.08 bits per heavy atom. The highest BCUT2D eigenvalue weighted by molar-refractivity contribution is 5.07. The summed E-state index contributed by atoms with van der Waals surface area (Å²) in [5.74, 6) is 0.478. The van der Waals surface area contributed by atoms with E-state index in [0.29, 0.717) is 12.0 Å². The first kappa shape index (κ1) is 8.75. The van der Waals surface area contributed by atoms with Crippen LogP contribution in [0.5, 0.6) is 0 Å². The lowest BCUT2D eigenvalue weighted by atomic mass is 9.91. The van der Waals surface area contributed by atoms with Crippen LogP contribution in [0.15, 0.2) is 12.3 Å². The third-order valence-electron chi connectivity index (χ3n) is 2.84. The van der Waals surface area contributed by atoms with Crippen molar-refractivity contribution in [2.24, 2.45) is 0 Å². The summed E-state index contributed by atoms with van der Waals surface area (Å²) in [6.45, 7) is 3.26. The van der Waals surface area contributed by atoms with Gasteiger partial charge in [-0.25, -0.2) is 5.32 Å². The first-order valence-corrected chi connectivity index (χ1v) is 5.04. The molecule has 0 spiro atoms. The molecule has 2 heterocycles. The molecule has 3 heteroatoms. The van der Waals surface area contributed by atoms with Gasteiger partial charge in [0, 0.05) is 24.7 Å². The van der Waals surface area contributed by atoms with Gasteiger partial charge in [0.1, 0.15) is 0 Å². The Labute approximate surface area is 78.9 Å². The molecule has 1 aliphatic heterocycles. The highest BCUT2D eigenvalue weighted by atomic mass is 15.1. The van der Waals surface area contributed by atoms with E-state index in [1.54, 1.807) is 0 Å². The van der Waals surface area contributed by atoms with Crippen molar-refractivity contribution in [2.75, 3.05) is 6.54 Å². The van der Waals surface area contributed by atoms with E-state index < -0.39 is 0 Å². The molecular formula is C10H16N3. The van der Waals surface area contributed by atoms with Gasteiger partial charge in [-0.05, 0) is 18.9 Å². The molecule has 1 saturated heterocycles. The van der Waals surface area contributed by atoms with Crippen LogP contribution >= 0.6 is 0 Å². The lowest BCUT2D eigenvalue weighted by molar-refractivity contribution is 0.350. The molecule has 13 heavy (non-hydrogen) atoms. The third-order valence-corrected chi connectivity index (χ3v) is 2.84. The number of nitrogens with zero attached hydrogens (tertiary/aromatic N) is 2. The average Bonchev–Trinajstić information content (AvgIpc) is 2.71. The Morgan fingerprint density at radius 1 is 1.54 bits per heavy atom. The fourth-order valence-corrected chi connectivity index (χ4v) is 1.94. The number of hydrogen-bond acceptors (Lipinski definition) is 1. The van der Waals surface area contributed by atoms with Crippen LogP contribution in [0.4, 0.5) is 0 Å². The summed E-state index contributed by atoms with van der Waals surface area (Å²) in [5, 5.41) is 11.7. The maximum Gasteiger partial charge on any atom is 0.0666 e. The molecule has 1 fully saturated rings. The lowest BCUT2D eigenvalue weighted by Gasteiger charge is -2.26. The van der Waals surface area contributed by atoms with Crippen molar-refractivity contribution < 1.29 is 0 Å². The molecular weight excluding hydrogens is 162 g/mol. The highest BCUT2D eigenvalue weighted by Gasteiger charge is 2.22.